The van der Waals surface area contributed by atoms with Crippen LogP contribution in [-0.4, -0.2) is 112 Å². The lowest BCUT2D eigenvalue weighted by Gasteiger charge is -2.27. The molecule has 4 aromatic rings. The second kappa shape index (κ2) is 12.3. The number of ether oxygens (including phenoxy) is 3. The summed E-state index contributed by atoms with van der Waals surface area (Å²) in [5, 5.41) is 3.22. The molecule has 2 aliphatic heterocycles. The van der Waals surface area contributed by atoms with E-state index in [1.165, 1.54) is 17.9 Å². The van der Waals surface area contributed by atoms with Crippen molar-refractivity contribution in [2.24, 2.45) is 0 Å². The molecule has 2 aliphatic rings. The number of benzene rings is 1. The van der Waals surface area contributed by atoms with Gasteiger partial charge in [0.15, 0.2) is 11.6 Å². The maximum absolute atomic E-state index is 14.4. The van der Waals surface area contributed by atoms with Gasteiger partial charge in [-0.2, -0.15) is 15.0 Å². The normalized spacial score (nSPS) is 16.3. The Morgan fingerprint density at radius 3 is 2.45 bits per heavy atom. The molecule has 222 valence electrons. The Morgan fingerprint density at radius 1 is 0.976 bits per heavy atom. The van der Waals surface area contributed by atoms with Gasteiger partial charge in [0.1, 0.15) is 17.0 Å². The van der Waals surface area contributed by atoms with E-state index in [0.29, 0.717) is 63.3 Å². The minimum Gasteiger partial charge on any atom is -0.494 e. The van der Waals surface area contributed by atoms with Gasteiger partial charge in [-0.3, -0.25) is 9.47 Å². The van der Waals surface area contributed by atoms with Gasteiger partial charge in [0.25, 0.3) is 6.43 Å². The molecule has 0 radical (unpaired) electrons. The summed E-state index contributed by atoms with van der Waals surface area (Å²) in [6.07, 6.45) is -1.44. The van der Waals surface area contributed by atoms with Gasteiger partial charge in [-0.25, -0.2) is 23.7 Å². The quantitative estimate of drug-likeness (QED) is 0.294. The van der Waals surface area contributed by atoms with Crippen LogP contribution in [0.3, 0.4) is 0 Å². The van der Waals surface area contributed by atoms with Gasteiger partial charge in [0, 0.05) is 39.3 Å². The van der Waals surface area contributed by atoms with Crippen LogP contribution < -0.4 is 20.7 Å². The van der Waals surface area contributed by atoms with Gasteiger partial charge >= 0.3 is 0 Å². The Labute approximate surface area is 239 Å². The number of hydrogen-bond donors (Lipinski definition) is 2. The summed E-state index contributed by atoms with van der Waals surface area (Å²) >= 11 is 0. The average Bonchev–Trinajstić information content (AvgIpc) is 3.43. The van der Waals surface area contributed by atoms with Gasteiger partial charge in [-0.15, -0.1) is 0 Å². The summed E-state index contributed by atoms with van der Waals surface area (Å²) in [7, 11) is 1.46. The number of halogens is 2. The molecule has 14 nitrogen and oxygen atoms in total. The molecule has 16 heteroatoms. The number of fused-ring (bicyclic) bond motifs is 1. The molecule has 6 rings (SSSR count). The number of nitrogens with two attached hydrogens (primary N) is 1. The lowest BCUT2D eigenvalue weighted by molar-refractivity contribution is 0.0398. The molecule has 42 heavy (non-hydrogen) atoms. The van der Waals surface area contributed by atoms with E-state index in [4.69, 9.17) is 19.9 Å². The van der Waals surface area contributed by atoms with E-state index < -0.39 is 12.2 Å². The molecule has 0 unspecified atom stereocenters. The number of para-hydroxylation sites is 1. The zero-order chi connectivity index (χ0) is 29.1. The fourth-order valence-electron chi connectivity index (χ4n) is 4.88. The van der Waals surface area contributed by atoms with Crippen molar-refractivity contribution in [3.63, 3.8) is 0 Å². The number of morpholine rings is 2. The van der Waals surface area contributed by atoms with Crippen molar-refractivity contribution in [2.75, 3.05) is 88.8 Å². The molecule has 0 saturated carbocycles. The topological polar surface area (TPSA) is 154 Å². The highest BCUT2D eigenvalue weighted by atomic mass is 19.3. The SMILES string of the molecule is COc1cccc2c1nc(C(F)F)n2-c1nc(-c2nc(NCCN3CCOCC3)ncc2N)nc(N2CCOCC2)n1. The predicted molar refractivity (Wildman–Crippen MR) is 150 cm³/mol. The van der Waals surface area contributed by atoms with E-state index >= 15 is 0 Å². The summed E-state index contributed by atoms with van der Waals surface area (Å²) in [6.45, 7) is 6.50. The van der Waals surface area contributed by atoms with Gasteiger partial charge in [0.2, 0.25) is 17.8 Å². The van der Waals surface area contributed by atoms with Crippen LogP contribution in [0.1, 0.15) is 12.2 Å². The van der Waals surface area contributed by atoms with Gasteiger partial charge in [0.05, 0.1) is 50.9 Å². The number of anilines is 3. The van der Waals surface area contributed by atoms with Gasteiger partial charge in [-0.1, -0.05) is 6.07 Å². The van der Waals surface area contributed by atoms with Crippen molar-refractivity contribution >= 4 is 28.6 Å². The fraction of sp³-hybridized carbons (Fsp3) is 0.462. The van der Waals surface area contributed by atoms with Crippen molar-refractivity contribution in [2.45, 2.75) is 6.43 Å². The van der Waals surface area contributed by atoms with E-state index in [2.05, 4.69) is 40.1 Å². The monoisotopic (exact) mass is 583 g/mol. The number of aromatic nitrogens is 7. The highest BCUT2D eigenvalue weighted by Crippen LogP contribution is 2.33. The van der Waals surface area contributed by atoms with Crippen LogP contribution in [-0.2, 0) is 9.47 Å². The molecular formula is C26H31F2N11O3. The third-order valence-electron chi connectivity index (χ3n) is 7.04. The van der Waals surface area contributed by atoms with Crippen molar-refractivity contribution in [1.82, 2.24) is 39.4 Å². The van der Waals surface area contributed by atoms with Crippen molar-refractivity contribution in [1.29, 1.82) is 0 Å². The van der Waals surface area contributed by atoms with Crippen molar-refractivity contribution < 1.29 is 23.0 Å². The fourth-order valence-corrected chi connectivity index (χ4v) is 4.88. The first-order chi connectivity index (χ1) is 20.5. The lowest BCUT2D eigenvalue weighted by Crippen LogP contribution is -2.39. The number of nitrogens with one attached hydrogen (secondary N) is 1. The van der Waals surface area contributed by atoms with Crippen LogP contribution >= 0.6 is 0 Å². The second-order valence-electron chi connectivity index (χ2n) is 9.67. The molecule has 1 aromatic carbocycles. The molecule has 2 saturated heterocycles. The molecule has 0 amide bonds. The maximum atomic E-state index is 14.4. The molecule has 0 bridgehead atoms. The second-order valence-corrected chi connectivity index (χ2v) is 9.67. The Morgan fingerprint density at radius 2 is 1.71 bits per heavy atom. The number of nitrogens with zero attached hydrogens (tertiary/aromatic N) is 9. The van der Waals surface area contributed by atoms with Gasteiger partial charge in [-0.05, 0) is 12.1 Å². The number of nitrogen functional groups attached to an aromatic ring is 1. The smallest absolute Gasteiger partial charge is 0.296 e. The Bertz CT molecular complexity index is 1540. The summed E-state index contributed by atoms with van der Waals surface area (Å²) in [5.41, 5.74) is 7.40. The zero-order valence-electron chi connectivity index (χ0n) is 23.0. The number of rotatable bonds is 9. The standard InChI is InChI=1S/C26H31F2N11O3/c1-40-18-4-2-3-17-20(18)32-23(21(27)28)39(17)26-35-22(34-25(36-26)38-9-13-42-14-10-38)19-16(29)15-31-24(33-19)30-5-6-37-7-11-41-12-8-37/h2-4,15,21H,5-14,29H2,1H3,(H,30,31,33). The van der Waals surface area contributed by atoms with E-state index in [9.17, 15) is 8.78 Å². The minimum absolute atomic E-state index is 0.0487. The minimum atomic E-state index is -2.92. The summed E-state index contributed by atoms with van der Waals surface area (Å²) in [4.78, 5) is 31.2. The largest absolute Gasteiger partial charge is 0.494 e. The van der Waals surface area contributed by atoms with Crippen LogP contribution in [0.2, 0.25) is 0 Å². The van der Waals surface area contributed by atoms with Crippen LogP contribution in [0.4, 0.5) is 26.4 Å². The first-order valence-electron chi connectivity index (χ1n) is 13.6. The van der Waals surface area contributed by atoms with Crippen LogP contribution in [0, 0.1) is 0 Å². The molecule has 0 atom stereocenters. The molecule has 0 aliphatic carbocycles. The third-order valence-corrected chi connectivity index (χ3v) is 7.04. The zero-order valence-corrected chi connectivity index (χ0v) is 23.0. The number of hydrogen-bond acceptors (Lipinski definition) is 13. The number of imidazole rings is 1. The molecule has 2 fully saturated rings. The average molecular weight is 584 g/mol. The van der Waals surface area contributed by atoms with E-state index in [0.717, 1.165) is 19.6 Å². The van der Waals surface area contributed by atoms with Crippen LogP contribution in [0.25, 0.3) is 28.5 Å². The third kappa shape index (κ3) is 5.73. The maximum Gasteiger partial charge on any atom is 0.296 e. The number of methoxy groups -OCH3 is 1. The molecule has 0 spiro atoms. The molecule has 5 heterocycles. The van der Waals surface area contributed by atoms with E-state index in [1.54, 1.807) is 18.2 Å². The Kier molecular flexibility index (Phi) is 8.16. The lowest BCUT2D eigenvalue weighted by atomic mass is 10.3. The highest BCUT2D eigenvalue weighted by molar-refractivity contribution is 5.84. The Hall–Kier alpha value is -4.28. The van der Waals surface area contributed by atoms with Crippen LogP contribution in [0.15, 0.2) is 24.4 Å². The summed E-state index contributed by atoms with van der Waals surface area (Å²) in [6, 6.07) is 5.00. The first kappa shape index (κ1) is 27.9. The first-order valence-corrected chi connectivity index (χ1v) is 13.6. The van der Waals surface area contributed by atoms with Crippen molar-refractivity contribution in [3.8, 4) is 23.2 Å². The number of alkyl halides is 2. The molecular weight excluding hydrogens is 552 g/mol. The molecule has 3 aromatic heterocycles. The van der Waals surface area contributed by atoms with Crippen molar-refractivity contribution in [3.05, 3.63) is 30.2 Å². The highest BCUT2D eigenvalue weighted by Gasteiger charge is 2.26. The summed E-state index contributed by atoms with van der Waals surface area (Å²) in [5.74, 6) is 0.510. The van der Waals surface area contributed by atoms with E-state index in [-0.39, 0.29) is 34.6 Å². The van der Waals surface area contributed by atoms with E-state index in [1.807, 2.05) is 4.90 Å². The molecule has 3 N–H and O–H groups in total. The predicted octanol–water partition coefficient (Wildman–Crippen LogP) is 1.78. The Balaban J connectivity index is 1.42. The van der Waals surface area contributed by atoms with Gasteiger partial charge < -0.3 is 30.2 Å². The van der Waals surface area contributed by atoms with Crippen LogP contribution in [0.5, 0.6) is 5.75 Å². The summed E-state index contributed by atoms with van der Waals surface area (Å²) < 4.78 is 46.2.